The number of rotatable bonds is 19. The maximum absolute atomic E-state index is 12.9. The van der Waals surface area contributed by atoms with Crippen molar-refractivity contribution in [2.45, 2.75) is 111 Å². The number of hydrogen-bond acceptors (Lipinski definition) is 10. The van der Waals surface area contributed by atoms with Crippen molar-refractivity contribution in [3.05, 3.63) is 28.2 Å². The summed E-state index contributed by atoms with van der Waals surface area (Å²) >= 11 is 4.46. The van der Waals surface area contributed by atoms with Crippen LogP contribution in [0.15, 0.2) is 22.5 Å². The number of aromatic nitrogens is 1. The molecular formula is C30H46N4O5S3. The van der Waals surface area contributed by atoms with Crippen molar-refractivity contribution >= 4 is 62.8 Å². The Balaban J connectivity index is 1.91. The number of allylic oxidation sites excluding steroid dienone is 1. The third-order valence-corrected chi connectivity index (χ3v) is 9.37. The molecule has 0 aliphatic carbocycles. The van der Waals surface area contributed by atoms with Crippen LogP contribution in [0.3, 0.4) is 0 Å². The lowest BCUT2D eigenvalue weighted by atomic mass is 10.0. The molecule has 0 aromatic carbocycles. The molecule has 0 spiro atoms. The molecule has 0 bridgehead atoms. The topological polar surface area (TPSA) is 127 Å². The van der Waals surface area contributed by atoms with Gasteiger partial charge in [0.15, 0.2) is 5.12 Å². The monoisotopic (exact) mass is 638 g/mol. The van der Waals surface area contributed by atoms with Gasteiger partial charge < -0.3 is 15.4 Å². The highest BCUT2D eigenvalue weighted by atomic mass is 32.2. The molecule has 9 nitrogen and oxygen atoms in total. The minimum Gasteiger partial charge on any atom is -0.456 e. The number of aliphatic imine (C=N–C) groups is 1. The van der Waals surface area contributed by atoms with Gasteiger partial charge in [-0.1, -0.05) is 64.3 Å². The van der Waals surface area contributed by atoms with Gasteiger partial charge in [0.1, 0.15) is 27.9 Å². The second-order valence-electron chi connectivity index (χ2n) is 10.7. The molecule has 0 saturated heterocycles. The molecule has 42 heavy (non-hydrogen) atoms. The number of amides is 2. The van der Waals surface area contributed by atoms with Crippen molar-refractivity contribution in [1.29, 1.82) is 0 Å². The minimum absolute atomic E-state index is 0.0741. The van der Waals surface area contributed by atoms with Crippen LogP contribution in [0.4, 0.5) is 0 Å². The van der Waals surface area contributed by atoms with Gasteiger partial charge in [-0.15, -0.1) is 23.1 Å². The van der Waals surface area contributed by atoms with Gasteiger partial charge in [0.05, 0.1) is 19.0 Å². The molecule has 1 aliphatic rings. The number of ether oxygens (including phenoxy) is 1. The Hall–Kier alpha value is -2.18. The first kappa shape index (κ1) is 36.0. The van der Waals surface area contributed by atoms with Crippen molar-refractivity contribution in [2.24, 2.45) is 10.9 Å². The van der Waals surface area contributed by atoms with Gasteiger partial charge in [-0.05, 0) is 31.8 Å². The fourth-order valence-corrected chi connectivity index (χ4v) is 6.60. The van der Waals surface area contributed by atoms with Crippen molar-refractivity contribution in [1.82, 2.24) is 15.6 Å². The Kier molecular flexibility index (Phi) is 17.1. The largest absolute Gasteiger partial charge is 0.456 e. The van der Waals surface area contributed by atoms with E-state index in [9.17, 15) is 19.2 Å². The van der Waals surface area contributed by atoms with E-state index in [2.05, 4.69) is 34.5 Å². The third kappa shape index (κ3) is 14.3. The number of nitrogens with one attached hydrogen (secondary N) is 2. The minimum atomic E-state index is -0.820. The molecule has 2 amide bonds. The van der Waals surface area contributed by atoms with E-state index >= 15 is 0 Å². The summed E-state index contributed by atoms with van der Waals surface area (Å²) < 4.78 is 5.69. The molecule has 234 valence electrons. The van der Waals surface area contributed by atoms with E-state index < -0.39 is 18.1 Å². The molecule has 1 aromatic rings. The Bertz CT molecular complexity index is 1090. The Morgan fingerprint density at radius 2 is 1.95 bits per heavy atom. The van der Waals surface area contributed by atoms with Crippen molar-refractivity contribution in [3.8, 4) is 0 Å². The predicted octanol–water partition coefficient (Wildman–Crippen LogP) is 5.67. The SMILES string of the molecule is CCCCCCCC(=O)SCC/C=C/[C@H](CC(=O)NCc1nc(C2=N[C@@H](C)CS2)cs1)OC(=O)C(NC(C)=O)C(C)C. The fourth-order valence-electron chi connectivity index (χ4n) is 4.06. The van der Waals surface area contributed by atoms with E-state index in [0.29, 0.717) is 18.6 Å². The van der Waals surface area contributed by atoms with Crippen molar-refractivity contribution < 1.29 is 23.9 Å². The lowest BCUT2D eigenvalue weighted by molar-refractivity contribution is -0.153. The Labute approximate surface area is 262 Å². The number of unbranched alkanes of at least 4 members (excludes halogenated alkanes) is 4. The first-order chi connectivity index (χ1) is 20.1. The van der Waals surface area contributed by atoms with Crippen molar-refractivity contribution in [3.63, 3.8) is 0 Å². The van der Waals surface area contributed by atoms with Crippen molar-refractivity contribution in [2.75, 3.05) is 11.5 Å². The summed E-state index contributed by atoms with van der Waals surface area (Å²) in [6, 6.07) is -0.539. The van der Waals surface area contributed by atoms with Crippen LogP contribution in [0.25, 0.3) is 0 Å². The van der Waals surface area contributed by atoms with Gasteiger partial charge in [-0.2, -0.15) is 0 Å². The van der Waals surface area contributed by atoms with Crippen LogP contribution in [-0.4, -0.2) is 62.6 Å². The third-order valence-electron chi connectivity index (χ3n) is 6.32. The van der Waals surface area contributed by atoms with Crippen LogP contribution in [0.2, 0.25) is 0 Å². The zero-order valence-corrected chi connectivity index (χ0v) is 27.9. The molecule has 0 radical (unpaired) electrons. The first-order valence-electron chi connectivity index (χ1n) is 14.8. The lowest BCUT2D eigenvalue weighted by Crippen LogP contribution is -2.45. The van der Waals surface area contributed by atoms with Crippen LogP contribution in [0.1, 0.15) is 96.7 Å². The molecule has 3 atom stereocenters. The zero-order valence-electron chi connectivity index (χ0n) is 25.5. The Morgan fingerprint density at radius 3 is 2.62 bits per heavy atom. The van der Waals surface area contributed by atoms with E-state index in [1.165, 1.54) is 49.3 Å². The summed E-state index contributed by atoms with van der Waals surface area (Å²) in [6.45, 7) is 9.48. The summed E-state index contributed by atoms with van der Waals surface area (Å²) in [5.74, 6) is 0.162. The molecule has 12 heteroatoms. The maximum Gasteiger partial charge on any atom is 0.329 e. The number of thioether (sulfide) groups is 2. The summed E-state index contributed by atoms with van der Waals surface area (Å²) in [6.07, 6.45) is 9.40. The van der Waals surface area contributed by atoms with Crippen LogP contribution in [0.5, 0.6) is 0 Å². The number of esters is 1. The van der Waals surface area contributed by atoms with Crippen LogP contribution < -0.4 is 10.6 Å². The number of carbonyl (C=O) groups excluding carboxylic acids is 4. The van der Waals surface area contributed by atoms with E-state index in [-0.39, 0.29) is 41.9 Å². The second kappa shape index (κ2) is 19.9. The second-order valence-corrected chi connectivity index (χ2v) is 13.8. The highest BCUT2D eigenvalue weighted by Gasteiger charge is 2.27. The maximum atomic E-state index is 12.9. The average Bonchev–Trinajstić information content (AvgIpc) is 3.58. The molecule has 1 aliphatic heterocycles. The normalized spacial score (nSPS) is 16.3. The molecule has 1 unspecified atom stereocenters. The van der Waals surface area contributed by atoms with Gasteiger partial charge in [-0.3, -0.25) is 19.4 Å². The molecule has 1 aromatic heterocycles. The predicted molar refractivity (Wildman–Crippen MR) is 174 cm³/mol. The summed E-state index contributed by atoms with van der Waals surface area (Å²) in [7, 11) is 0. The molecule has 2 heterocycles. The molecule has 0 saturated carbocycles. The van der Waals surface area contributed by atoms with E-state index in [1.807, 2.05) is 25.3 Å². The van der Waals surface area contributed by atoms with E-state index in [1.54, 1.807) is 17.8 Å². The van der Waals surface area contributed by atoms with Crippen LogP contribution in [-0.2, 0) is 30.5 Å². The summed E-state index contributed by atoms with van der Waals surface area (Å²) in [5, 5.41) is 9.33. The first-order valence-corrected chi connectivity index (χ1v) is 17.7. The zero-order chi connectivity index (χ0) is 30.9. The number of nitrogens with zero attached hydrogens (tertiary/aromatic N) is 2. The van der Waals surface area contributed by atoms with E-state index in [0.717, 1.165) is 34.3 Å². The number of carbonyl (C=O) groups is 4. The quantitative estimate of drug-likeness (QED) is 0.113. The van der Waals surface area contributed by atoms with Gasteiger partial charge in [0.2, 0.25) is 11.8 Å². The van der Waals surface area contributed by atoms with Gasteiger partial charge >= 0.3 is 5.97 Å². The van der Waals surface area contributed by atoms with Crippen LogP contribution >= 0.6 is 34.9 Å². The summed E-state index contributed by atoms with van der Waals surface area (Å²) in [4.78, 5) is 58.7. The fraction of sp³-hybridized carbons (Fsp3) is 0.667. The molecular weight excluding hydrogens is 593 g/mol. The summed E-state index contributed by atoms with van der Waals surface area (Å²) in [5.41, 5.74) is 0.832. The average molecular weight is 639 g/mol. The number of hydrogen-bond donors (Lipinski definition) is 2. The van der Waals surface area contributed by atoms with Crippen LogP contribution in [0, 0.1) is 5.92 Å². The number of thiazole rings is 1. The Morgan fingerprint density at radius 1 is 1.19 bits per heavy atom. The smallest absolute Gasteiger partial charge is 0.329 e. The highest BCUT2D eigenvalue weighted by Crippen LogP contribution is 2.24. The molecule has 2 N–H and O–H groups in total. The van der Waals surface area contributed by atoms with Gasteiger partial charge in [-0.25, -0.2) is 9.78 Å². The van der Waals surface area contributed by atoms with E-state index in [4.69, 9.17) is 4.74 Å². The standard InChI is InChI=1S/C30H46N4O5S3/c1-6-7-8-9-10-14-27(37)40-15-12-11-13-23(39-30(38)28(20(2)3)33-22(5)35)16-25(36)31-17-26-34-24(19-41-26)29-32-21(4)18-42-29/h11,13,19-21,23,28H,6-10,12,14-18H2,1-5H3,(H,31,36)(H,33,35)/b13-11+/t21-,23+,28?/m0/s1. The molecule has 0 fully saturated rings. The van der Waals surface area contributed by atoms with Gasteiger partial charge in [0.25, 0.3) is 0 Å². The highest BCUT2D eigenvalue weighted by molar-refractivity contribution is 8.14. The van der Waals surface area contributed by atoms with Gasteiger partial charge in [0, 0.05) is 30.2 Å². The lowest BCUT2D eigenvalue weighted by Gasteiger charge is -2.23. The molecule has 2 rings (SSSR count).